The second-order valence-corrected chi connectivity index (χ2v) is 5.01. The lowest BCUT2D eigenvalue weighted by Gasteiger charge is -2.30. The van der Waals surface area contributed by atoms with E-state index in [4.69, 9.17) is 5.73 Å². The molecule has 1 aliphatic rings. The van der Waals surface area contributed by atoms with Gasteiger partial charge in [-0.1, -0.05) is 12.2 Å². The lowest BCUT2D eigenvalue weighted by atomic mass is 9.97. The monoisotopic (exact) mass is 277 g/mol. The van der Waals surface area contributed by atoms with E-state index in [9.17, 15) is 15.0 Å². The predicted octanol–water partition coefficient (Wildman–Crippen LogP) is -0.695. The second kappa shape index (κ2) is 4.15. The fraction of sp³-hybridized carbons (Fsp3) is 0.417. The Balaban J connectivity index is 2.25. The van der Waals surface area contributed by atoms with Crippen LogP contribution in [0.4, 0.5) is 5.95 Å². The average Bonchev–Trinajstić information content (AvgIpc) is 2.92. The number of aliphatic hydroxyl groups is 2. The highest BCUT2D eigenvalue weighted by atomic mass is 16.3. The Labute approximate surface area is 113 Å². The molecule has 2 atom stereocenters. The molecule has 0 aliphatic heterocycles. The number of imidazole rings is 1. The van der Waals surface area contributed by atoms with Gasteiger partial charge in [0.2, 0.25) is 5.95 Å². The topological polar surface area (TPSA) is 130 Å². The molecule has 2 heterocycles. The molecular weight excluding hydrogens is 262 g/mol. The first-order valence-corrected chi connectivity index (χ1v) is 6.21. The molecule has 1 saturated carbocycles. The smallest absolute Gasteiger partial charge is 0.280 e. The van der Waals surface area contributed by atoms with Crippen molar-refractivity contribution in [2.75, 3.05) is 12.3 Å². The molecule has 1 aliphatic carbocycles. The number of fused-ring (bicyclic) bond motifs is 1. The third-order valence-corrected chi connectivity index (χ3v) is 3.89. The van der Waals surface area contributed by atoms with Crippen molar-refractivity contribution in [1.82, 2.24) is 19.5 Å². The Morgan fingerprint density at radius 2 is 2.40 bits per heavy atom. The first-order chi connectivity index (χ1) is 9.47. The van der Waals surface area contributed by atoms with Gasteiger partial charge in [0.25, 0.3) is 5.56 Å². The molecule has 0 amide bonds. The van der Waals surface area contributed by atoms with Crippen LogP contribution in [0.5, 0.6) is 0 Å². The van der Waals surface area contributed by atoms with E-state index in [1.54, 1.807) is 0 Å². The van der Waals surface area contributed by atoms with Gasteiger partial charge in [-0.15, -0.1) is 0 Å². The number of nitrogen functional groups attached to an aromatic ring is 1. The number of nitrogens with one attached hydrogen (secondary N) is 1. The van der Waals surface area contributed by atoms with Gasteiger partial charge in [-0.05, 0) is 12.8 Å². The third-order valence-electron chi connectivity index (χ3n) is 3.89. The van der Waals surface area contributed by atoms with Crippen molar-refractivity contribution >= 4 is 17.1 Å². The molecule has 2 aromatic heterocycles. The summed E-state index contributed by atoms with van der Waals surface area (Å²) in [5.74, 6) is -0.576. The molecule has 106 valence electrons. The van der Waals surface area contributed by atoms with Crippen LogP contribution in [0.2, 0.25) is 0 Å². The van der Waals surface area contributed by atoms with E-state index in [2.05, 4.69) is 21.5 Å². The third kappa shape index (κ3) is 1.58. The van der Waals surface area contributed by atoms with Crippen LogP contribution in [-0.4, -0.2) is 36.3 Å². The molecule has 20 heavy (non-hydrogen) atoms. The Bertz CT molecular complexity index is 749. The minimum Gasteiger partial charge on any atom is -0.396 e. The molecule has 0 spiro atoms. The number of nitrogens with two attached hydrogens (primary N) is 1. The molecule has 2 aromatic rings. The van der Waals surface area contributed by atoms with Gasteiger partial charge in [0, 0.05) is 0 Å². The largest absolute Gasteiger partial charge is 0.396 e. The van der Waals surface area contributed by atoms with Gasteiger partial charge in [0.05, 0.1) is 18.9 Å². The quantitative estimate of drug-likeness (QED) is 0.537. The maximum absolute atomic E-state index is 11.7. The number of hydrogen-bond donors (Lipinski definition) is 4. The molecule has 1 fully saturated rings. The van der Waals surface area contributed by atoms with Crippen LogP contribution in [0, 0.1) is 5.92 Å². The number of aromatic nitrogens is 4. The molecule has 3 rings (SSSR count). The summed E-state index contributed by atoms with van der Waals surface area (Å²) in [7, 11) is 0. The van der Waals surface area contributed by atoms with Gasteiger partial charge in [-0.2, -0.15) is 4.98 Å². The van der Waals surface area contributed by atoms with Crippen molar-refractivity contribution in [3.05, 3.63) is 28.8 Å². The number of hydrogen-bond acceptors (Lipinski definition) is 6. The number of anilines is 1. The van der Waals surface area contributed by atoms with Crippen LogP contribution in [0.3, 0.4) is 0 Å². The highest BCUT2D eigenvalue weighted by molar-refractivity contribution is 5.70. The van der Waals surface area contributed by atoms with Crippen LogP contribution < -0.4 is 11.3 Å². The standard InChI is InChI=1S/C12H15N5O3/c1-6-2-3-12(20,7(6)4-18)17-5-14-8-9(17)15-11(13)16-10(8)19/h5,7,18,20H,1-4H2,(H3,13,15,16,19). The molecule has 0 saturated heterocycles. The fourth-order valence-corrected chi connectivity index (χ4v) is 2.79. The number of aromatic amines is 1. The summed E-state index contributed by atoms with van der Waals surface area (Å²) in [4.78, 5) is 22.1. The maximum Gasteiger partial charge on any atom is 0.280 e. The fourth-order valence-electron chi connectivity index (χ4n) is 2.79. The lowest BCUT2D eigenvalue weighted by molar-refractivity contribution is -0.0770. The van der Waals surface area contributed by atoms with Gasteiger partial charge in [-0.3, -0.25) is 14.3 Å². The van der Waals surface area contributed by atoms with Crippen molar-refractivity contribution in [2.45, 2.75) is 18.6 Å². The van der Waals surface area contributed by atoms with Crippen LogP contribution in [-0.2, 0) is 5.72 Å². The van der Waals surface area contributed by atoms with E-state index >= 15 is 0 Å². The molecule has 8 heteroatoms. The molecular formula is C12H15N5O3. The summed E-state index contributed by atoms with van der Waals surface area (Å²) in [5.41, 5.74) is 4.73. The van der Waals surface area contributed by atoms with E-state index in [1.165, 1.54) is 10.9 Å². The van der Waals surface area contributed by atoms with Crippen LogP contribution in [0.15, 0.2) is 23.3 Å². The summed E-state index contributed by atoms with van der Waals surface area (Å²) in [5, 5.41) is 20.4. The van der Waals surface area contributed by atoms with Gasteiger partial charge < -0.3 is 15.9 Å². The normalized spacial score (nSPS) is 26.5. The summed E-state index contributed by atoms with van der Waals surface area (Å²) < 4.78 is 1.40. The second-order valence-electron chi connectivity index (χ2n) is 5.01. The van der Waals surface area contributed by atoms with Crippen molar-refractivity contribution in [2.24, 2.45) is 5.92 Å². The first kappa shape index (κ1) is 12.8. The zero-order valence-electron chi connectivity index (χ0n) is 10.7. The number of nitrogens with zero attached hydrogens (tertiary/aromatic N) is 3. The van der Waals surface area contributed by atoms with Crippen LogP contribution in [0.1, 0.15) is 12.8 Å². The van der Waals surface area contributed by atoms with Crippen LogP contribution in [0.25, 0.3) is 11.2 Å². The minimum atomic E-state index is -1.40. The van der Waals surface area contributed by atoms with E-state index in [0.29, 0.717) is 12.8 Å². The van der Waals surface area contributed by atoms with Gasteiger partial charge in [-0.25, -0.2) is 4.98 Å². The van der Waals surface area contributed by atoms with E-state index < -0.39 is 17.2 Å². The van der Waals surface area contributed by atoms with Gasteiger partial charge in [0.15, 0.2) is 16.9 Å². The SMILES string of the molecule is C=C1CCC(O)(n2cnc3c(=O)[nH]c(N)nc32)C1CO. The number of rotatable bonds is 2. The summed E-state index contributed by atoms with van der Waals surface area (Å²) in [6.07, 6.45) is 2.30. The molecule has 0 aromatic carbocycles. The molecule has 8 nitrogen and oxygen atoms in total. The molecule has 2 unspecified atom stereocenters. The predicted molar refractivity (Wildman–Crippen MR) is 71.7 cm³/mol. The summed E-state index contributed by atoms with van der Waals surface area (Å²) in [6, 6.07) is 0. The highest BCUT2D eigenvalue weighted by Crippen LogP contribution is 2.43. The van der Waals surface area contributed by atoms with Gasteiger partial charge in [0.1, 0.15) is 0 Å². The van der Waals surface area contributed by atoms with Gasteiger partial charge >= 0.3 is 0 Å². The maximum atomic E-state index is 11.7. The minimum absolute atomic E-state index is 0.0507. The Kier molecular flexibility index (Phi) is 2.66. The number of aliphatic hydroxyl groups excluding tert-OH is 1. The van der Waals surface area contributed by atoms with Crippen molar-refractivity contribution in [3.8, 4) is 0 Å². The Morgan fingerprint density at radius 3 is 3.10 bits per heavy atom. The zero-order valence-corrected chi connectivity index (χ0v) is 10.7. The molecule has 5 N–H and O–H groups in total. The average molecular weight is 277 g/mol. The zero-order chi connectivity index (χ0) is 14.5. The molecule has 0 bridgehead atoms. The molecule has 0 radical (unpaired) electrons. The Hall–Kier alpha value is -2.19. The Morgan fingerprint density at radius 1 is 1.65 bits per heavy atom. The van der Waals surface area contributed by atoms with Crippen LogP contribution >= 0.6 is 0 Å². The number of H-pyrrole nitrogens is 1. The van der Waals surface area contributed by atoms with Crippen molar-refractivity contribution in [1.29, 1.82) is 0 Å². The summed E-state index contributed by atoms with van der Waals surface area (Å²) >= 11 is 0. The first-order valence-electron chi connectivity index (χ1n) is 6.21. The lowest BCUT2D eigenvalue weighted by Crippen LogP contribution is -2.39. The van der Waals surface area contributed by atoms with E-state index in [1.807, 2.05) is 0 Å². The van der Waals surface area contributed by atoms with E-state index in [0.717, 1.165) is 5.57 Å². The summed E-state index contributed by atoms with van der Waals surface area (Å²) in [6.45, 7) is 3.62. The highest BCUT2D eigenvalue weighted by Gasteiger charge is 2.45. The van der Waals surface area contributed by atoms with E-state index in [-0.39, 0.29) is 23.7 Å². The van der Waals surface area contributed by atoms with Crippen molar-refractivity contribution < 1.29 is 10.2 Å². The van der Waals surface area contributed by atoms with Crippen molar-refractivity contribution in [3.63, 3.8) is 0 Å².